The lowest BCUT2D eigenvalue weighted by molar-refractivity contribution is -0.384. The van der Waals surface area contributed by atoms with E-state index in [1.54, 1.807) is 44.7 Å². The molecule has 0 radical (unpaired) electrons. The van der Waals surface area contributed by atoms with Crippen LogP contribution >= 0.6 is 0 Å². The molecule has 0 aliphatic rings. The van der Waals surface area contributed by atoms with E-state index in [-0.39, 0.29) is 5.69 Å². The van der Waals surface area contributed by atoms with Gasteiger partial charge in [0.1, 0.15) is 12.1 Å². The molecule has 7 heteroatoms. The Morgan fingerprint density at radius 2 is 1.60 bits per heavy atom. The molecule has 0 atom stereocenters. The predicted molar refractivity (Wildman–Crippen MR) is 94.4 cm³/mol. The number of nitrogens with zero attached hydrogens (tertiary/aromatic N) is 2. The minimum atomic E-state index is -0.439. The molecule has 1 N–H and O–H groups in total. The number of aromatic nitrogens is 2. The fourth-order valence-electron chi connectivity index (χ4n) is 2.10. The van der Waals surface area contributed by atoms with Crippen molar-refractivity contribution in [2.24, 2.45) is 0 Å². The topological polar surface area (TPSA) is 98.1 Å². The monoisotopic (exact) mass is 339 g/mol. The summed E-state index contributed by atoms with van der Waals surface area (Å²) in [5.41, 5.74) is 3.14. The van der Waals surface area contributed by atoms with Crippen molar-refractivity contribution in [1.29, 1.82) is 0 Å². The summed E-state index contributed by atoms with van der Waals surface area (Å²) in [6, 6.07) is 13.3. The van der Waals surface area contributed by atoms with Crippen molar-refractivity contribution in [1.82, 2.24) is 9.97 Å². The lowest BCUT2D eigenvalue weighted by Crippen LogP contribution is -1.88. The maximum absolute atomic E-state index is 10.7. The molecule has 0 unspecified atom stereocenters. The molecule has 128 valence electrons. The number of aromatic amines is 1. The molecule has 0 saturated heterocycles. The van der Waals surface area contributed by atoms with Crippen molar-refractivity contribution in [2.45, 2.75) is 0 Å². The molecule has 0 fully saturated rings. The van der Waals surface area contributed by atoms with Gasteiger partial charge in [0.2, 0.25) is 0 Å². The van der Waals surface area contributed by atoms with Gasteiger partial charge in [0, 0.05) is 37.5 Å². The first-order valence-electron chi connectivity index (χ1n) is 7.34. The number of imidazole rings is 1. The Kier molecular flexibility index (Phi) is 6.14. The van der Waals surface area contributed by atoms with Crippen LogP contribution in [0.3, 0.4) is 0 Å². The Labute approximate surface area is 144 Å². The van der Waals surface area contributed by atoms with E-state index < -0.39 is 4.92 Å². The molecule has 1 heterocycles. The highest BCUT2D eigenvalue weighted by Gasteiger charge is 2.08. The van der Waals surface area contributed by atoms with Crippen molar-refractivity contribution in [3.8, 4) is 22.6 Å². The number of nitro benzene ring substituents is 1. The first-order chi connectivity index (χ1) is 12.1. The summed E-state index contributed by atoms with van der Waals surface area (Å²) >= 11 is 0. The lowest BCUT2D eigenvalue weighted by atomic mass is 10.1. The fraction of sp³-hybridized carbons (Fsp3) is 0.111. The Balaban J connectivity index is 0.000000701. The number of ether oxygens (including phenoxy) is 1. The molecule has 0 spiro atoms. The SMILES string of the molecule is COC.O=Cc1ccc(-c2cnc(-c3ccc([N+](=O)[O-])cc3)[nH]2)cc1. The van der Waals surface area contributed by atoms with Crippen LogP contribution in [0.4, 0.5) is 5.69 Å². The van der Waals surface area contributed by atoms with Crippen molar-refractivity contribution in [2.75, 3.05) is 14.2 Å². The molecular formula is C18H17N3O4. The Bertz CT molecular complexity index is 840. The number of carbonyl (C=O) groups is 1. The fourth-order valence-corrected chi connectivity index (χ4v) is 2.10. The molecule has 3 aromatic rings. The number of hydrogen-bond acceptors (Lipinski definition) is 5. The third kappa shape index (κ3) is 4.58. The third-order valence-electron chi connectivity index (χ3n) is 3.29. The van der Waals surface area contributed by atoms with Gasteiger partial charge in [0.25, 0.3) is 5.69 Å². The minimum absolute atomic E-state index is 0.0416. The van der Waals surface area contributed by atoms with E-state index in [1.165, 1.54) is 12.1 Å². The van der Waals surface area contributed by atoms with Gasteiger partial charge < -0.3 is 9.72 Å². The van der Waals surface area contributed by atoms with Crippen molar-refractivity contribution in [3.63, 3.8) is 0 Å². The summed E-state index contributed by atoms with van der Waals surface area (Å²) in [7, 11) is 3.25. The molecule has 25 heavy (non-hydrogen) atoms. The van der Waals surface area contributed by atoms with E-state index in [0.29, 0.717) is 11.4 Å². The normalized spacial score (nSPS) is 9.84. The second-order valence-electron chi connectivity index (χ2n) is 5.10. The lowest BCUT2D eigenvalue weighted by Gasteiger charge is -1.99. The van der Waals surface area contributed by atoms with E-state index in [2.05, 4.69) is 14.7 Å². The Hall–Kier alpha value is -3.32. The van der Waals surface area contributed by atoms with E-state index in [1.807, 2.05) is 12.1 Å². The smallest absolute Gasteiger partial charge is 0.269 e. The van der Waals surface area contributed by atoms with Crippen molar-refractivity contribution < 1.29 is 14.5 Å². The van der Waals surface area contributed by atoms with Gasteiger partial charge >= 0.3 is 0 Å². The first kappa shape index (κ1) is 18.0. The first-order valence-corrected chi connectivity index (χ1v) is 7.34. The van der Waals surface area contributed by atoms with Gasteiger partial charge in [-0.05, 0) is 17.7 Å². The van der Waals surface area contributed by atoms with Crippen LogP contribution in [0.5, 0.6) is 0 Å². The van der Waals surface area contributed by atoms with Gasteiger partial charge in [-0.15, -0.1) is 0 Å². The number of carbonyl (C=O) groups excluding carboxylic acids is 1. The van der Waals surface area contributed by atoms with Gasteiger partial charge in [0.05, 0.1) is 16.8 Å². The number of benzene rings is 2. The number of nitrogens with one attached hydrogen (secondary N) is 1. The number of nitro groups is 1. The van der Waals surface area contributed by atoms with Crippen LogP contribution in [0, 0.1) is 10.1 Å². The van der Waals surface area contributed by atoms with Crippen LogP contribution < -0.4 is 0 Å². The summed E-state index contributed by atoms with van der Waals surface area (Å²) in [5, 5.41) is 10.6. The summed E-state index contributed by atoms with van der Waals surface area (Å²) in [5.74, 6) is 0.629. The average molecular weight is 339 g/mol. The zero-order valence-electron chi connectivity index (χ0n) is 13.8. The molecule has 3 rings (SSSR count). The maximum atomic E-state index is 10.7. The molecule has 7 nitrogen and oxygen atoms in total. The molecule has 1 aromatic heterocycles. The second-order valence-corrected chi connectivity index (χ2v) is 5.10. The number of hydrogen-bond donors (Lipinski definition) is 1. The van der Waals surface area contributed by atoms with Gasteiger partial charge in [0.15, 0.2) is 0 Å². The van der Waals surface area contributed by atoms with E-state index in [0.717, 1.165) is 23.1 Å². The van der Waals surface area contributed by atoms with Crippen LogP contribution in [-0.2, 0) is 4.74 Å². The van der Waals surface area contributed by atoms with Crippen molar-refractivity contribution >= 4 is 12.0 Å². The quantitative estimate of drug-likeness (QED) is 0.444. The molecule has 0 saturated carbocycles. The molecule has 0 aliphatic heterocycles. The van der Waals surface area contributed by atoms with Crippen LogP contribution in [0.25, 0.3) is 22.6 Å². The highest BCUT2D eigenvalue weighted by Crippen LogP contribution is 2.23. The predicted octanol–water partition coefficient (Wildman–Crippen LogP) is 3.73. The largest absolute Gasteiger partial charge is 0.388 e. The molecular weight excluding hydrogens is 322 g/mol. The third-order valence-corrected chi connectivity index (χ3v) is 3.29. The standard InChI is InChI=1S/C16H11N3O3.C2H6O/c20-10-11-1-3-12(4-2-11)15-9-17-16(18-15)13-5-7-14(8-6-13)19(21)22;1-3-2/h1-10H,(H,17,18);1-2H3. The number of H-pyrrole nitrogens is 1. The highest BCUT2D eigenvalue weighted by molar-refractivity contribution is 5.76. The van der Waals surface area contributed by atoms with Gasteiger partial charge in [-0.25, -0.2) is 4.98 Å². The number of aldehydes is 1. The summed E-state index contributed by atoms with van der Waals surface area (Å²) in [6.45, 7) is 0. The van der Waals surface area contributed by atoms with Crippen LogP contribution in [0.2, 0.25) is 0 Å². The number of non-ortho nitro benzene ring substituents is 1. The number of rotatable bonds is 4. The average Bonchev–Trinajstić information content (AvgIpc) is 3.13. The summed E-state index contributed by atoms with van der Waals surface area (Å²) < 4.78 is 4.25. The molecule has 0 bridgehead atoms. The van der Waals surface area contributed by atoms with Crippen LogP contribution in [0.1, 0.15) is 10.4 Å². The molecule has 0 aliphatic carbocycles. The summed E-state index contributed by atoms with van der Waals surface area (Å²) in [4.78, 5) is 28.3. The van der Waals surface area contributed by atoms with Gasteiger partial charge in [-0.3, -0.25) is 14.9 Å². The Morgan fingerprint density at radius 1 is 1.04 bits per heavy atom. The zero-order chi connectivity index (χ0) is 18.2. The van der Waals surface area contributed by atoms with E-state index >= 15 is 0 Å². The minimum Gasteiger partial charge on any atom is -0.388 e. The van der Waals surface area contributed by atoms with Gasteiger partial charge in [-0.2, -0.15) is 0 Å². The Morgan fingerprint density at radius 3 is 2.12 bits per heavy atom. The second kappa shape index (κ2) is 8.51. The van der Waals surface area contributed by atoms with Crippen LogP contribution in [-0.4, -0.2) is 35.4 Å². The zero-order valence-corrected chi connectivity index (χ0v) is 13.8. The highest BCUT2D eigenvalue weighted by atomic mass is 16.6. The van der Waals surface area contributed by atoms with Gasteiger partial charge in [-0.1, -0.05) is 24.3 Å². The maximum Gasteiger partial charge on any atom is 0.269 e. The van der Waals surface area contributed by atoms with E-state index in [4.69, 9.17) is 0 Å². The number of methoxy groups -OCH3 is 1. The molecule has 2 aromatic carbocycles. The van der Waals surface area contributed by atoms with Crippen molar-refractivity contribution in [3.05, 3.63) is 70.4 Å². The van der Waals surface area contributed by atoms with E-state index in [9.17, 15) is 14.9 Å². The molecule has 0 amide bonds. The summed E-state index contributed by atoms with van der Waals surface area (Å²) in [6.07, 6.45) is 2.48. The van der Waals surface area contributed by atoms with Crippen LogP contribution in [0.15, 0.2) is 54.7 Å².